The number of benzene rings is 2. The summed E-state index contributed by atoms with van der Waals surface area (Å²) in [5, 5.41) is 14.0. The monoisotopic (exact) mass is 328 g/mol. The van der Waals surface area contributed by atoms with Crippen molar-refractivity contribution in [2.24, 2.45) is 0 Å². The highest BCUT2D eigenvalue weighted by atomic mass is 15.3. The number of hydrogen-bond acceptors (Lipinski definition) is 3. The van der Waals surface area contributed by atoms with E-state index in [9.17, 15) is 0 Å². The first-order valence-electron chi connectivity index (χ1n) is 8.65. The molecule has 1 aromatic heterocycles. The molecule has 4 nitrogen and oxygen atoms in total. The van der Waals surface area contributed by atoms with Crippen molar-refractivity contribution in [3.8, 4) is 23.0 Å². The molecule has 0 spiro atoms. The van der Waals surface area contributed by atoms with E-state index in [1.165, 1.54) is 12.8 Å². The Morgan fingerprint density at radius 3 is 2.36 bits per heavy atom. The second-order valence-corrected chi connectivity index (χ2v) is 6.44. The molecule has 25 heavy (non-hydrogen) atoms. The second-order valence-electron chi connectivity index (χ2n) is 6.44. The highest BCUT2D eigenvalue weighted by Gasteiger charge is 2.29. The minimum absolute atomic E-state index is 0.468. The topological polar surface area (TPSA) is 44.9 Å². The minimum atomic E-state index is 0.468. The molecule has 1 saturated carbocycles. The highest BCUT2D eigenvalue weighted by Crippen LogP contribution is 2.31. The summed E-state index contributed by atoms with van der Waals surface area (Å²) in [6.45, 7) is 1.23. The Kier molecular flexibility index (Phi) is 4.32. The first-order valence-corrected chi connectivity index (χ1v) is 8.65. The zero-order chi connectivity index (χ0) is 17.1. The molecule has 3 aromatic rings. The van der Waals surface area contributed by atoms with E-state index in [0.29, 0.717) is 12.6 Å². The number of aromatic nitrogens is 2. The van der Waals surface area contributed by atoms with E-state index in [1.54, 1.807) is 0 Å². The van der Waals surface area contributed by atoms with Gasteiger partial charge in [-0.15, -0.1) is 0 Å². The molecule has 0 saturated heterocycles. The molecule has 124 valence electrons. The lowest BCUT2D eigenvalue weighted by Crippen LogP contribution is -2.25. The summed E-state index contributed by atoms with van der Waals surface area (Å²) < 4.78 is 1.94. The predicted molar refractivity (Wildman–Crippen MR) is 98.0 cm³/mol. The van der Waals surface area contributed by atoms with Crippen LogP contribution in [0.15, 0.2) is 66.9 Å². The third kappa shape index (κ3) is 3.47. The normalized spacial score (nSPS) is 13.8. The van der Waals surface area contributed by atoms with E-state index in [0.717, 1.165) is 29.1 Å². The quantitative estimate of drug-likeness (QED) is 0.642. The van der Waals surface area contributed by atoms with Gasteiger partial charge in [-0.1, -0.05) is 48.5 Å². The van der Waals surface area contributed by atoms with Gasteiger partial charge in [0.25, 0.3) is 0 Å². The molecule has 0 unspecified atom stereocenters. The van der Waals surface area contributed by atoms with E-state index in [-0.39, 0.29) is 0 Å². The van der Waals surface area contributed by atoms with Gasteiger partial charge in [-0.25, -0.2) is 4.68 Å². The molecule has 1 aliphatic carbocycles. The van der Waals surface area contributed by atoms with Crippen molar-refractivity contribution in [1.82, 2.24) is 14.7 Å². The molecule has 4 heteroatoms. The number of nitrogens with zero attached hydrogens (tertiary/aromatic N) is 4. The van der Waals surface area contributed by atoms with Gasteiger partial charge in [-0.2, -0.15) is 10.4 Å². The average molecular weight is 328 g/mol. The van der Waals surface area contributed by atoms with Crippen molar-refractivity contribution in [1.29, 1.82) is 5.26 Å². The lowest BCUT2D eigenvalue weighted by atomic mass is 10.1. The van der Waals surface area contributed by atoms with Gasteiger partial charge >= 0.3 is 0 Å². The van der Waals surface area contributed by atoms with Gasteiger partial charge in [0, 0.05) is 29.9 Å². The summed E-state index contributed by atoms with van der Waals surface area (Å²) in [6, 6.07) is 23.3. The standard InChI is InChI=1S/C21H20N4/c22-13-14-24(19-11-12-19)15-18-16-25(20-9-5-2-6-10-20)23-21(18)17-7-3-1-4-8-17/h1-10,16,19H,11-12,14-15H2. The van der Waals surface area contributed by atoms with Crippen LogP contribution >= 0.6 is 0 Å². The summed E-state index contributed by atoms with van der Waals surface area (Å²) in [5.41, 5.74) is 4.31. The summed E-state index contributed by atoms with van der Waals surface area (Å²) in [5.74, 6) is 0. The summed E-state index contributed by atoms with van der Waals surface area (Å²) >= 11 is 0. The molecule has 0 amide bonds. The molecule has 1 aliphatic rings. The number of para-hydroxylation sites is 1. The fourth-order valence-corrected chi connectivity index (χ4v) is 3.14. The molecule has 0 N–H and O–H groups in total. The molecule has 4 rings (SSSR count). The van der Waals surface area contributed by atoms with E-state index in [1.807, 2.05) is 41.1 Å². The lowest BCUT2D eigenvalue weighted by molar-refractivity contribution is 0.287. The van der Waals surface area contributed by atoms with Crippen LogP contribution in [0.2, 0.25) is 0 Å². The molecular formula is C21H20N4. The first kappa shape index (κ1) is 15.6. The second kappa shape index (κ2) is 6.92. The van der Waals surface area contributed by atoms with E-state index in [4.69, 9.17) is 10.4 Å². The van der Waals surface area contributed by atoms with Crippen LogP contribution in [0.4, 0.5) is 0 Å². The molecule has 0 atom stereocenters. The van der Waals surface area contributed by atoms with E-state index in [2.05, 4.69) is 41.4 Å². The van der Waals surface area contributed by atoms with Crippen LogP contribution in [-0.4, -0.2) is 27.3 Å². The van der Waals surface area contributed by atoms with Gasteiger partial charge in [-0.3, -0.25) is 4.90 Å². The molecular weight excluding hydrogens is 308 g/mol. The van der Waals surface area contributed by atoms with Crippen LogP contribution < -0.4 is 0 Å². The number of rotatable bonds is 6. The summed E-state index contributed by atoms with van der Waals surface area (Å²) in [6.07, 6.45) is 4.48. The van der Waals surface area contributed by atoms with Gasteiger partial charge in [-0.05, 0) is 25.0 Å². The molecule has 2 aromatic carbocycles. The largest absolute Gasteiger partial charge is 0.283 e. The maximum Gasteiger partial charge on any atom is 0.0972 e. The maximum atomic E-state index is 9.15. The van der Waals surface area contributed by atoms with Crippen molar-refractivity contribution in [2.45, 2.75) is 25.4 Å². The predicted octanol–water partition coefficient (Wildman–Crippen LogP) is 4.03. The Bertz CT molecular complexity index is 873. The van der Waals surface area contributed by atoms with Crippen LogP contribution in [0.25, 0.3) is 16.9 Å². The fraction of sp³-hybridized carbons (Fsp3) is 0.238. The third-order valence-corrected chi connectivity index (χ3v) is 4.57. The van der Waals surface area contributed by atoms with Gasteiger partial charge in [0.2, 0.25) is 0 Å². The van der Waals surface area contributed by atoms with Crippen molar-refractivity contribution < 1.29 is 0 Å². The Morgan fingerprint density at radius 2 is 1.72 bits per heavy atom. The third-order valence-electron chi connectivity index (χ3n) is 4.57. The van der Waals surface area contributed by atoms with Gasteiger partial charge in [0.1, 0.15) is 0 Å². The maximum absolute atomic E-state index is 9.15. The lowest BCUT2D eigenvalue weighted by Gasteiger charge is -2.18. The van der Waals surface area contributed by atoms with Crippen molar-refractivity contribution >= 4 is 0 Å². The molecule has 1 fully saturated rings. The van der Waals surface area contributed by atoms with Crippen molar-refractivity contribution in [3.63, 3.8) is 0 Å². The fourth-order valence-electron chi connectivity index (χ4n) is 3.14. The van der Waals surface area contributed by atoms with Crippen LogP contribution in [0.3, 0.4) is 0 Å². The van der Waals surface area contributed by atoms with Crippen LogP contribution in [0.1, 0.15) is 18.4 Å². The zero-order valence-electron chi connectivity index (χ0n) is 14.0. The van der Waals surface area contributed by atoms with Gasteiger partial charge in [0.15, 0.2) is 0 Å². The Hall–Kier alpha value is -2.90. The molecule has 1 heterocycles. The molecule has 0 aliphatic heterocycles. The first-order chi connectivity index (χ1) is 12.3. The number of nitriles is 1. The van der Waals surface area contributed by atoms with Crippen LogP contribution in [0.5, 0.6) is 0 Å². The van der Waals surface area contributed by atoms with Gasteiger partial charge in [0.05, 0.1) is 24.0 Å². The smallest absolute Gasteiger partial charge is 0.0972 e. The van der Waals surface area contributed by atoms with Crippen LogP contribution in [-0.2, 0) is 6.54 Å². The Balaban J connectivity index is 1.73. The Morgan fingerprint density at radius 1 is 1.04 bits per heavy atom. The highest BCUT2D eigenvalue weighted by molar-refractivity contribution is 5.63. The zero-order valence-corrected chi connectivity index (χ0v) is 14.0. The minimum Gasteiger partial charge on any atom is -0.283 e. The average Bonchev–Trinajstić information content (AvgIpc) is 3.43. The van der Waals surface area contributed by atoms with E-state index >= 15 is 0 Å². The molecule has 0 bridgehead atoms. The summed E-state index contributed by atoms with van der Waals surface area (Å²) in [7, 11) is 0. The SMILES string of the molecule is N#CCN(Cc1cn(-c2ccccc2)nc1-c1ccccc1)C1CC1. The van der Waals surface area contributed by atoms with Crippen molar-refractivity contribution in [2.75, 3.05) is 6.54 Å². The summed E-state index contributed by atoms with van der Waals surface area (Å²) in [4.78, 5) is 2.26. The van der Waals surface area contributed by atoms with Crippen LogP contribution in [0, 0.1) is 11.3 Å². The Labute approximate surface area is 147 Å². The van der Waals surface area contributed by atoms with E-state index < -0.39 is 0 Å². The van der Waals surface area contributed by atoms with Crippen molar-refractivity contribution in [3.05, 3.63) is 72.4 Å². The number of hydrogen-bond donors (Lipinski definition) is 0. The van der Waals surface area contributed by atoms with Gasteiger partial charge < -0.3 is 0 Å². The molecule has 0 radical (unpaired) electrons.